The van der Waals surface area contributed by atoms with Gasteiger partial charge >= 0.3 is 0 Å². The number of amides is 1. The normalized spacial score (nSPS) is 11.3. The monoisotopic (exact) mass is 495 g/mol. The van der Waals surface area contributed by atoms with Crippen LogP contribution in [0, 0.1) is 6.92 Å². The summed E-state index contributed by atoms with van der Waals surface area (Å²) in [5.41, 5.74) is 0.892. The number of benzene rings is 2. The third-order valence-electron chi connectivity index (χ3n) is 5.23. The van der Waals surface area contributed by atoms with E-state index >= 15 is 0 Å². The Morgan fingerprint density at radius 3 is 2.59 bits per heavy atom. The topological polar surface area (TPSA) is 72.7 Å². The zero-order valence-electron chi connectivity index (χ0n) is 17.7. The van der Waals surface area contributed by atoms with Crippen molar-refractivity contribution in [3.05, 3.63) is 88.1 Å². The van der Waals surface area contributed by atoms with Crippen molar-refractivity contribution in [1.82, 2.24) is 19.7 Å². The summed E-state index contributed by atoms with van der Waals surface area (Å²) < 4.78 is 29.1. The maximum absolute atomic E-state index is 14.1. The van der Waals surface area contributed by atoms with Crippen LogP contribution in [0.1, 0.15) is 28.2 Å². The van der Waals surface area contributed by atoms with E-state index in [1.807, 2.05) is 30.3 Å². The van der Waals surface area contributed by atoms with Crippen molar-refractivity contribution in [2.75, 3.05) is 5.32 Å². The van der Waals surface area contributed by atoms with Gasteiger partial charge in [-0.1, -0.05) is 48.0 Å². The predicted molar refractivity (Wildman–Crippen MR) is 129 cm³/mol. The fourth-order valence-electron chi connectivity index (χ4n) is 3.67. The van der Waals surface area contributed by atoms with Crippen LogP contribution in [0.5, 0.6) is 0 Å². The molecule has 0 aliphatic rings. The predicted octanol–water partition coefficient (Wildman–Crippen LogP) is 6.70. The summed E-state index contributed by atoms with van der Waals surface area (Å²) in [4.78, 5) is 21.9. The van der Waals surface area contributed by atoms with Crippen molar-refractivity contribution < 1.29 is 13.6 Å². The molecule has 3 aromatic heterocycles. The van der Waals surface area contributed by atoms with Crippen molar-refractivity contribution in [3.63, 3.8) is 0 Å². The minimum atomic E-state index is -2.95. The Morgan fingerprint density at radius 2 is 1.82 bits per heavy atom. The highest BCUT2D eigenvalue weighted by molar-refractivity contribution is 7.14. The third-order valence-corrected chi connectivity index (χ3v) is 6.31. The number of aryl methyl sites for hydroxylation is 1. The SMILES string of the molecule is Cc1nn(-c2ccccc2Cl)c(C(F)F)c1C(=O)Nc1nc(-c2cc3ccccc3cn2)cs1. The molecular weight excluding hydrogens is 480 g/mol. The largest absolute Gasteiger partial charge is 0.298 e. The van der Waals surface area contributed by atoms with Gasteiger partial charge in [0.1, 0.15) is 11.4 Å². The molecule has 2 aromatic carbocycles. The number of thiazole rings is 1. The van der Waals surface area contributed by atoms with Crippen LogP contribution in [0.4, 0.5) is 13.9 Å². The first kappa shape index (κ1) is 22.1. The molecule has 34 heavy (non-hydrogen) atoms. The van der Waals surface area contributed by atoms with Crippen molar-refractivity contribution in [1.29, 1.82) is 0 Å². The molecule has 3 heterocycles. The Hall–Kier alpha value is -3.69. The third kappa shape index (κ3) is 4.04. The van der Waals surface area contributed by atoms with Gasteiger partial charge in [-0.2, -0.15) is 5.10 Å². The first-order chi connectivity index (χ1) is 16.4. The number of carbonyl (C=O) groups is 1. The van der Waals surface area contributed by atoms with Gasteiger partial charge in [-0.3, -0.25) is 15.1 Å². The Kier molecular flexibility index (Phi) is 5.80. The molecule has 0 saturated carbocycles. The highest BCUT2D eigenvalue weighted by Gasteiger charge is 2.29. The van der Waals surface area contributed by atoms with E-state index in [1.165, 1.54) is 18.3 Å². The molecule has 0 bridgehead atoms. The van der Waals surface area contributed by atoms with E-state index in [0.29, 0.717) is 11.4 Å². The zero-order chi connectivity index (χ0) is 23.8. The molecule has 0 spiro atoms. The van der Waals surface area contributed by atoms with Crippen LogP contribution in [-0.4, -0.2) is 25.7 Å². The summed E-state index contributed by atoms with van der Waals surface area (Å²) in [7, 11) is 0. The number of hydrogen-bond donors (Lipinski definition) is 1. The van der Waals surface area contributed by atoms with Crippen LogP contribution in [-0.2, 0) is 0 Å². The van der Waals surface area contributed by atoms with Gasteiger partial charge < -0.3 is 0 Å². The molecule has 0 saturated heterocycles. The second kappa shape index (κ2) is 8.92. The summed E-state index contributed by atoms with van der Waals surface area (Å²) in [6.45, 7) is 1.50. The van der Waals surface area contributed by atoms with Crippen LogP contribution >= 0.6 is 22.9 Å². The van der Waals surface area contributed by atoms with Crippen LogP contribution < -0.4 is 5.32 Å². The van der Waals surface area contributed by atoms with Crippen molar-refractivity contribution in [2.24, 2.45) is 0 Å². The molecule has 5 aromatic rings. The molecule has 170 valence electrons. The first-order valence-electron chi connectivity index (χ1n) is 10.2. The maximum atomic E-state index is 14.1. The number of alkyl halides is 2. The van der Waals surface area contributed by atoms with Gasteiger partial charge in [0.25, 0.3) is 12.3 Å². The number of anilines is 1. The quantitative estimate of drug-likeness (QED) is 0.294. The van der Waals surface area contributed by atoms with Gasteiger partial charge in [-0.15, -0.1) is 11.3 Å². The summed E-state index contributed by atoms with van der Waals surface area (Å²) in [5.74, 6) is -0.724. The maximum Gasteiger partial charge on any atom is 0.281 e. The summed E-state index contributed by atoms with van der Waals surface area (Å²) in [6, 6.07) is 16.2. The molecule has 0 atom stereocenters. The van der Waals surface area contributed by atoms with E-state index < -0.39 is 18.0 Å². The number of nitrogens with one attached hydrogen (secondary N) is 1. The number of nitrogens with zero attached hydrogens (tertiary/aromatic N) is 4. The number of para-hydroxylation sites is 1. The average molecular weight is 496 g/mol. The standard InChI is InChI=1S/C24H16ClF2N5OS/c1-13-20(21(22(26)27)32(31-13)19-9-5-4-8-16(19)25)23(33)30-24-29-18(12-34-24)17-10-14-6-2-3-7-15(14)11-28-17/h2-12,22H,1H3,(H,29,30,33). The molecule has 0 unspecified atom stereocenters. The van der Waals surface area contributed by atoms with Crippen LogP contribution in [0.2, 0.25) is 5.02 Å². The van der Waals surface area contributed by atoms with Gasteiger partial charge in [-0.25, -0.2) is 18.4 Å². The number of aromatic nitrogens is 4. The van der Waals surface area contributed by atoms with Gasteiger partial charge in [-0.05, 0) is 30.5 Å². The summed E-state index contributed by atoms with van der Waals surface area (Å²) >= 11 is 7.36. The number of rotatable bonds is 5. The lowest BCUT2D eigenvalue weighted by atomic mass is 10.1. The van der Waals surface area contributed by atoms with Gasteiger partial charge in [0.05, 0.1) is 27.7 Å². The molecular formula is C24H16ClF2N5OS. The second-order valence-corrected chi connectivity index (χ2v) is 8.68. The smallest absolute Gasteiger partial charge is 0.281 e. The highest BCUT2D eigenvalue weighted by atomic mass is 35.5. The molecule has 1 N–H and O–H groups in total. The fourth-order valence-corrected chi connectivity index (χ4v) is 4.58. The molecule has 0 radical (unpaired) electrons. The van der Waals surface area contributed by atoms with Crippen LogP contribution in [0.3, 0.4) is 0 Å². The number of carbonyl (C=O) groups excluding carboxylic acids is 1. The van der Waals surface area contributed by atoms with E-state index in [1.54, 1.807) is 35.8 Å². The van der Waals surface area contributed by atoms with E-state index in [-0.39, 0.29) is 27.1 Å². The molecule has 10 heteroatoms. The number of hydrogen-bond acceptors (Lipinski definition) is 5. The van der Waals surface area contributed by atoms with Crippen LogP contribution in [0.25, 0.3) is 27.8 Å². The molecule has 6 nitrogen and oxygen atoms in total. The van der Waals surface area contributed by atoms with E-state index in [2.05, 4.69) is 20.4 Å². The lowest BCUT2D eigenvalue weighted by Crippen LogP contribution is -2.15. The molecule has 0 aliphatic carbocycles. The number of pyridine rings is 1. The molecule has 1 amide bonds. The van der Waals surface area contributed by atoms with Crippen molar-refractivity contribution >= 4 is 44.7 Å². The van der Waals surface area contributed by atoms with Crippen LogP contribution in [0.15, 0.2) is 66.2 Å². The Balaban J connectivity index is 1.46. The zero-order valence-corrected chi connectivity index (χ0v) is 19.2. The first-order valence-corrected chi connectivity index (χ1v) is 11.4. The second-order valence-electron chi connectivity index (χ2n) is 7.42. The molecule has 0 fully saturated rings. The number of fused-ring (bicyclic) bond motifs is 1. The summed E-state index contributed by atoms with van der Waals surface area (Å²) in [6.07, 6.45) is -1.20. The Labute approximate surface area is 201 Å². The average Bonchev–Trinajstić information content (AvgIpc) is 3.43. The Bertz CT molecular complexity index is 1530. The van der Waals surface area contributed by atoms with Gasteiger partial charge in [0.2, 0.25) is 0 Å². The highest BCUT2D eigenvalue weighted by Crippen LogP contribution is 2.32. The number of halogens is 3. The minimum Gasteiger partial charge on any atom is -0.298 e. The van der Waals surface area contributed by atoms with Crippen molar-refractivity contribution in [3.8, 4) is 17.1 Å². The lowest BCUT2D eigenvalue weighted by Gasteiger charge is -2.10. The van der Waals surface area contributed by atoms with E-state index in [9.17, 15) is 13.6 Å². The van der Waals surface area contributed by atoms with Gasteiger partial charge in [0.15, 0.2) is 5.13 Å². The van der Waals surface area contributed by atoms with Gasteiger partial charge in [0, 0.05) is 17.0 Å². The molecule has 0 aliphatic heterocycles. The molecule has 5 rings (SSSR count). The van der Waals surface area contributed by atoms with Crippen molar-refractivity contribution in [2.45, 2.75) is 13.3 Å². The van der Waals surface area contributed by atoms with E-state index in [0.717, 1.165) is 15.5 Å². The lowest BCUT2D eigenvalue weighted by molar-refractivity contribution is 0.100. The summed E-state index contributed by atoms with van der Waals surface area (Å²) in [5, 5.41) is 11.1. The fraction of sp³-hybridized carbons (Fsp3) is 0.0833. The minimum absolute atomic E-state index is 0.153. The van der Waals surface area contributed by atoms with E-state index in [4.69, 9.17) is 11.6 Å². The Morgan fingerprint density at radius 1 is 1.09 bits per heavy atom.